The predicted molar refractivity (Wildman–Crippen MR) is 274 cm³/mol. The molecule has 0 fully saturated rings. The van der Waals surface area contributed by atoms with E-state index in [4.69, 9.17) is 4.42 Å². The maximum absolute atomic E-state index is 7.20. The molecule has 0 bridgehead atoms. The zero-order valence-corrected chi connectivity index (χ0v) is 35.6. The molecule has 12 rings (SSSR count). The van der Waals surface area contributed by atoms with Gasteiger partial charge in [0.2, 0.25) is 0 Å². The topological polar surface area (TPSA) is 19.6 Å². The SMILES string of the molecule is c1ccc(-c2ccc(N(c3ccccc3-c3ccccc3)c3cc(N(c4ccccc4)c4ccccc4-c4cccc5ccccc45)cc4oc5c6ccccc6ccc5c34)cc2)cc1. The van der Waals surface area contributed by atoms with Crippen molar-refractivity contribution < 1.29 is 4.42 Å². The lowest BCUT2D eigenvalue weighted by atomic mass is 9.96. The van der Waals surface area contributed by atoms with Gasteiger partial charge in [-0.2, -0.15) is 0 Å². The minimum absolute atomic E-state index is 0.801. The fraction of sp³-hybridized carbons (Fsp3) is 0. The molecule has 0 unspecified atom stereocenters. The van der Waals surface area contributed by atoms with Crippen molar-refractivity contribution in [1.82, 2.24) is 0 Å². The van der Waals surface area contributed by atoms with Crippen molar-refractivity contribution in [2.75, 3.05) is 9.80 Å². The Morgan fingerprint density at radius 1 is 0.277 bits per heavy atom. The van der Waals surface area contributed by atoms with Gasteiger partial charge < -0.3 is 14.2 Å². The number of hydrogen-bond acceptors (Lipinski definition) is 3. The molecule has 1 aromatic heterocycles. The summed E-state index contributed by atoms with van der Waals surface area (Å²) in [4.78, 5) is 4.83. The molecule has 3 nitrogen and oxygen atoms in total. The maximum Gasteiger partial charge on any atom is 0.143 e. The third-order valence-corrected chi connectivity index (χ3v) is 12.6. The Morgan fingerprint density at radius 2 is 0.800 bits per heavy atom. The summed E-state index contributed by atoms with van der Waals surface area (Å²) in [5.74, 6) is 0. The highest BCUT2D eigenvalue weighted by molar-refractivity contribution is 6.21. The lowest BCUT2D eigenvalue weighted by Gasteiger charge is -2.32. The van der Waals surface area contributed by atoms with E-state index in [1.807, 2.05) is 0 Å². The van der Waals surface area contributed by atoms with Crippen LogP contribution in [0.5, 0.6) is 0 Å². The summed E-state index contributed by atoms with van der Waals surface area (Å²) in [7, 11) is 0. The van der Waals surface area contributed by atoms with E-state index in [0.29, 0.717) is 0 Å². The summed E-state index contributed by atoms with van der Waals surface area (Å²) in [5.41, 5.74) is 14.7. The van der Waals surface area contributed by atoms with Crippen LogP contribution in [0.3, 0.4) is 0 Å². The third-order valence-electron chi connectivity index (χ3n) is 12.6. The molecule has 0 spiro atoms. The van der Waals surface area contributed by atoms with Crippen LogP contribution in [0.1, 0.15) is 0 Å². The Balaban J connectivity index is 1.18. The summed E-state index contributed by atoms with van der Waals surface area (Å²) in [6.07, 6.45) is 0. The van der Waals surface area contributed by atoms with E-state index in [0.717, 1.165) is 89.1 Å². The molecule has 3 heteroatoms. The van der Waals surface area contributed by atoms with E-state index >= 15 is 0 Å². The first kappa shape index (κ1) is 38.0. The van der Waals surface area contributed by atoms with Gasteiger partial charge in [-0.05, 0) is 86.9 Å². The van der Waals surface area contributed by atoms with Crippen molar-refractivity contribution in [2.45, 2.75) is 0 Å². The Kier molecular flexibility index (Phi) is 9.50. The smallest absolute Gasteiger partial charge is 0.143 e. The van der Waals surface area contributed by atoms with Crippen LogP contribution in [0.25, 0.3) is 76.9 Å². The zero-order valence-electron chi connectivity index (χ0n) is 35.6. The average molecular weight is 831 g/mol. The molecule has 0 aliphatic carbocycles. The lowest BCUT2D eigenvalue weighted by Crippen LogP contribution is -2.15. The molecule has 11 aromatic carbocycles. The van der Waals surface area contributed by atoms with Crippen LogP contribution in [-0.2, 0) is 0 Å². The molecular formula is C62H42N2O. The summed E-state index contributed by atoms with van der Waals surface area (Å²) in [6.45, 7) is 0. The van der Waals surface area contributed by atoms with Gasteiger partial charge in [-0.3, -0.25) is 0 Å². The number of rotatable bonds is 9. The second kappa shape index (κ2) is 16.2. The first-order valence-electron chi connectivity index (χ1n) is 22.2. The van der Waals surface area contributed by atoms with E-state index in [9.17, 15) is 0 Å². The standard InChI is InChI=1S/C62H42N2O/c1-4-19-43(20-5-1)44-35-38-49(39-36-44)64(57-33-16-14-29-52(57)46-21-6-2-7-22-46)59-41-50(42-60-61(59)56-40-37-47-24-11-13-30-53(47)62(56)65-60)63(48-26-8-3-9-27-48)58-34-17-15-31-55(58)54-32-18-25-45-23-10-12-28-51(45)54/h1-42H. The number of benzene rings is 11. The first-order chi connectivity index (χ1) is 32.3. The molecule has 0 saturated carbocycles. The largest absolute Gasteiger partial charge is 0.455 e. The fourth-order valence-electron chi connectivity index (χ4n) is 9.64. The van der Waals surface area contributed by atoms with Crippen LogP contribution in [0.4, 0.5) is 34.1 Å². The molecule has 12 aromatic rings. The highest BCUT2D eigenvalue weighted by Gasteiger charge is 2.27. The van der Waals surface area contributed by atoms with E-state index in [1.165, 1.54) is 21.9 Å². The normalized spacial score (nSPS) is 11.4. The molecule has 0 aliphatic rings. The summed E-state index contributed by atoms with van der Waals surface area (Å²) in [5, 5.41) is 6.73. The number of nitrogens with zero attached hydrogens (tertiary/aromatic N) is 2. The van der Waals surface area contributed by atoms with Crippen molar-refractivity contribution in [3.05, 3.63) is 255 Å². The van der Waals surface area contributed by atoms with Crippen LogP contribution < -0.4 is 9.80 Å². The highest BCUT2D eigenvalue weighted by atomic mass is 16.3. The monoisotopic (exact) mass is 830 g/mol. The van der Waals surface area contributed by atoms with Gasteiger partial charge in [0.15, 0.2) is 0 Å². The summed E-state index contributed by atoms with van der Waals surface area (Å²) < 4.78 is 7.20. The van der Waals surface area contributed by atoms with Gasteiger partial charge in [-0.15, -0.1) is 0 Å². The predicted octanol–water partition coefficient (Wildman–Crippen LogP) is 17.8. The van der Waals surface area contributed by atoms with Crippen molar-refractivity contribution in [2.24, 2.45) is 0 Å². The zero-order chi connectivity index (χ0) is 43.1. The van der Waals surface area contributed by atoms with Crippen LogP contribution in [-0.4, -0.2) is 0 Å². The van der Waals surface area contributed by atoms with Gasteiger partial charge in [0.05, 0.1) is 28.1 Å². The number of furan rings is 1. The lowest BCUT2D eigenvalue weighted by molar-refractivity contribution is 0.673. The number of para-hydroxylation sites is 3. The van der Waals surface area contributed by atoms with Crippen LogP contribution >= 0.6 is 0 Å². The summed E-state index contributed by atoms with van der Waals surface area (Å²) >= 11 is 0. The minimum atomic E-state index is 0.801. The second-order valence-corrected chi connectivity index (χ2v) is 16.4. The van der Waals surface area contributed by atoms with Gasteiger partial charge >= 0.3 is 0 Å². The molecule has 1 heterocycles. The number of fused-ring (bicyclic) bond motifs is 6. The van der Waals surface area contributed by atoms with E-state index in [-0.39, 0.29) is 0 Å². The summed E-state index contributed by atoms with van der Waals surface area (Å²) in [6, 6.07) is 91.3. The van der Waals surface area contributed by atoms with Crippen LogP contribution in [0.2, 0.25) is 0 Å². The first-order valence-corrected chi connectivity index (χ1v) is 22.2. The van der Waals surface area contributed by atoms with Crippen molar-refractivity contribution in [3.63, 3.8) is 0 Å². The van der Waals surface area contributed by atoms with E-state index in [1.54, 1.807) is 0 Å². The Labute approximate surface area is 378 Å². The van der Waals surface area contributed by atoms with Crippen molar-refractivity contribution in [1.29, 1.82) is 0 Å². The van der Waals surface area contributed by atoms with Gasteiger partial charge in [0.1, 0.15) is 11.2 Å². The number of anilines is 6. The quantitative estimate of drug-likeness (QED) is 0.144. The fourth-order valence-corrected chi connectivity index (χ4v) is 9.64. The Hall–Kier alpha value is -8.66. The van der Waals surface area contributed by atoms with Crippen LogP contribution in [0, 0.1) is 0 Å². The Morgan fingerprint density at radius 3 is 1.54 bits per heavy atom. The van der Waals surface area contributed by atoms with Gasteiger partial charge in [0, 0.05) is 39.3 Å². The van der Waals surface area contributed by atoms with E-state index in [2.05, 4.69) is 265 Å². The molecule has 0 saturated heterocycles. The maximum atomic E-state index is 7.20. The molecule has 65 heavy (non-hydrogen) atoms. The Bertz CT molecular complexity index is 3650. The average Bonchev–Trinajstić information content (AvgIpc) is 3.77. The van der Waals surface area contributed by atoms with Crippen molar-refractivity contribution in [3.8, 4) is 33.4 Å². The van der Waals surface area contributed by atoms with Gasteiger partial charge in [-0.25, -0.2) is 0 Å². The molecule has 0 aliphatic heterocycles. The second-order valence-electron chi connectivity index (χ2n) is 16.4. The van der Waals surface area contributed by atoms with Gasteiger partial charge in [-0.1, -0.05) is 200 Å². The molecule has 0 amide bonds. The van der Waals surface area contributed by atoms with E-state index < -0.39 is 0 Å². The highest BCUT2D eigenvalue weighted by Crippen LogP contribution is 2.51. The molecule has 0 N–H and O–H groups in total. The van der Waals surface area contributed by atoms with Crippen molar-refractivity contribution >= 4 is 77.6 Å². The third kappa shape index (κ3) is 6.78. The van der Waals surface area contributed by atoms with Gasteiger partial charge in [0.25, 0.3) is 0 Å². The molecule has 0 atom stereocenters. The molecular weight excluding hydrogens is 789 g/mol. The molecule has 0 radical (unpaired) electrons. The minimum Gasteiger partial charge on any atom is -0.455 e. The molecule has 306 valence electrons. The number of hydrogen-bond donors (Lipinski definition) is 0. The van der Waals surface area contributed by atoms with Crippen LogP contribution in [0.15, 0.2) is 259 Å².